The predicted molar refractivity (Wildman–Crippen MR) is 62.7 cm³/mol. The molecule has 3 heteroatoms. The summed E-state index contributed by atoms with van der Waals surface area (Å²) in [5.41, 5.74) is 6.88. The summed E-state index contributed by atoms with van der Waals surface area (Å²) < 4.78 is 0. The number of hydrogen-bond acceptors (Lipinski definition) is 3. The van der Waals surface area contributed by atoms with Gasteiger partial charge >= 0.3 is 0 Å². The average molecular weight is 212 g/mol. The quantitative estimate of drug-likeness (QED) is 0.815. The molecule has 2 N–H and O–H groups in total. The second kappa shape index (κ2) is 5.47. The summed E-state index contributed by atoms with van der Waals surface area (Å²) in [5.74, 6) is 1.14. The number of rotatable bonds is 5. The minimum Gasteiger partial charge on any atom is -0.330 e. The first-order valence-electron chi connectivity index (χ1n) is 5.31. The van der Waals surface area contributed by atoms with E-state index in [-0.39, 0.29) is 0 Å². The van der Waals surface area contributed by atoms with Crippen LogP contribution >= 0.6 is 11.3 Å². The van der Waals surface area contributed by atoms with E-state index in [0.717, 1.165) is 12.8 Å². The molecule has 1 unspecified atom stereocenters. The van der Waals surface area contributed by atoms with Gasteiger partial charge in [-0.25, -0.2) is 4.98 Å². The zero-order chi connectivity index (χ0) is 10.6. The fraction of sp³-hybridized carbons (Fsp3) is 0.727. The number of aromatic nitrogens is 1. The molecule has 2 nitrogen and oxygen atoms in total. The molecule has 0 aliphatic carbocycles. The largest absolute Gasteiger partial charge is 0.330 e. The van der Waals surface area contributed by atoms with Crippen LogP contribution in [0.3, 0.4) is 0 Å². The summed E-state index contributed by atoms with van der Waals surface area (Å²) in [4.78, 5) is 4.63. The van der Waals surface area contributed by atoms with Gasteiger partial charge in [-0.2, -0.15) is 0 Å². The molecule has 14 heavy (non-hydrogen) atoms. The molecule has 0 aliphatic heterocycles. The van der Waals surface area contributed by atoms with Crippen molar-refractivity contribution in [2.75, 3.05) is 6.54 Å². The Hall–Kier alpha value is -0.410. The van der Waals surface area contributed by atoms with E-state index in [1.807, 2.05) is 0 Å². The van der Waals surface area contributed by atoms with Crippen LogP contribution in [-0.4, -0.2) is 11.5 Å². The van der Waals surface area contributed by atoms with Crippen LogP contribution < -0.4 is 5.73 Å². The third-order valence-electron chi connectivity index (χ3n) is 2.35. The molecule has 0 saturated carbocycles. The molecule has 0 bridgehead atoms. The van der Waals surface area contributed by atoms with E-state index in [0.29, 0.717) is 18.4 Å². The normalized spacial score (nSPS) is 13.5. The van der Waals surface area contributed by atoms with E-state index in [1.54, 1.807) is 11.3 Å². The number of thiazole rings is 1. The van der Waals surface area contributed by atoms with Gasteiger partial charge in [0, 0.05) is 24.3 Å². The van der Waals surface area contributed by atoms with Gasteiger partial charge in [0.1, 0.15) is 0 Å². The van der Waals surface area contributed by atoms with E-state index < -0.39 is 0 Å². The smallest absolute Gasteiger partial charge is 0.0930 e. The third kappa shape index (κ3) is 3.07. The van der Waals surface area contributed by atoms with Gasteiger partial charge in [0.15, 0.2) is 0 Å². The van der Waals surface area contributed by atoms with Crippen molar-refractivity contribution in [1.82, 2.24) is 4.98 Å². The maximum absolute atomic E-state index is 5.69. The molecular formula is C11H20N2S. The summed E-state index contributed by atoms with van der Waals surface area (Å²) >= 11 is 1.77. The topological polar surface area (TPSA) is 38.9 Å². The Kier molecular flexibility index (Phi) is 4.55. The predicted octanol–water partition coefficient (Wildman–Crippen LogP) is 2.79. The van der Waals surface area contributed by atoms with Crippen molar-refractivity contribution in [3.63, 3.8) is 0 Å². The van der Waals surface area contributed by atoms with Crippen molar-refractivity contribution in [3.05, 3.63) is 16.1 Å². The van der Waals surface area contributed by atoms with E-state index in [9.17, 15) is 0 Å². The molecule has 0 saturated heterocycles. The zero-order valence-corrected chi connectivity index (χ0v) is 10.1. The lowest BCUT2D eigenvalue weighted by molar-refractivity contribution is 0.628. The van der Waals surface area contributed by atoms with Crippen molar-refractivity contribution < 1.29 is 0 Å². The van der Waals surface area contributed by atoms with Crippen LogP contribution in [-0.2, 0) is 6.42 Å². The summed E-state index contributed by atoms with van der Waals surface area (Å²) in [7, 11) is 0. The molecular weight excluding hydrogens is 192 g/mol. The molecule has 1 atom stereocenters. The Balaban J connectivity index is 2.66. The van der Waals surface area contributed by atoms with Crippen molar-refractivity contribution in [2.24, 2.45) is 11.7 Å². The molecule has 1 aromatic rings. The molecule has 1 rings (SSSR count). The minimum absolute atomic E-state index is 0.451. The average Bonchev–Trinajstić information content (AvgIpc) is 2.54. The number of nitrogens with two attached hydrogens (primary N) is 1. The Labute approximate surface area is 90.6 Å². The lowest BCUT2D eigenvalue weighted by Gasteiger charge is -2.07. The van der Waals surface area contributed by atoms with E-state index in [4.69, 9.17) is 5.73 Å². The summed E-state index contributed by atoms with van der Waals surface area (Å²) in [6.07, 6.45) is 2.17. The molecule has 0 aliphatic rings. The van der Waals surface area contributed by atoms with Gasteiger partial charge in [0.2, 0.25) is 0 Å². The highest BCUT2D eigenvalue weighted by atomic mass is 32.1. The fourth-order valence-electron chi connectivity index (χ4n) is 1.45. The lowest BCUT2D eigenvalue weighted by Crippen LogP contribution is -2.11. The first kappa shape index (κ1) is 11.7. The second-order valence-corrected chi connectivity index (χ2v) is 5.05. The number of nitrogens with zero attached hydrogens (tertiary/aromatic N) is 1. The first-order valence-corrected chi connectivity index (χ1v) is 6.19. The van der Waals surface area contributed by atoms with Gasteiger partial charge in [-0.1, -0.05) is 20.8 Å². The monoisotopic (exact) mass is 212 g/mol. The Bertz CT molecular complexity index is 264. The van der Waals surface area contributed by atoms with Crippen LogP contribution in [0.25, 0.3) is 0 Å². The molecule has 0 radical (unpaired) electrons. The van der Waals surface area contributed by atoms with Gasteiger partial charge in [-0.15, -0.1) is 11.3 Å². The maximum Gasteiger partial charge on any atom is 0.0930 e. The lowest BCUT2D eigenvalue weighted by atomic mass is 10.0. The van der Waals surface area contributed by atoms with Crippen LogP contribution in [0.15, 0.2) is 5.38 Å². The van der Waals surface area contributed by atoms with Crippen molar-refractivity contribution >= 4 is 11.3 Å². The van der Waals surface area contributed by atoms with Gasteiger partial charge in [0.05, 0.1) is 10.7 Å². The van der Waals surface area contributed by atoms with Crippen molar-refractivity contribution in [3.8, 4) is 0 Å². The van der Waals surface area contributed by atoms with Crippen LogP contribution in [0.4, 0.5) is 0 Å². The highest BCUT2D eigenvalue weighted by Crippen LogP contribution is 2.22. The van der Waals surface area contributed by atoms with Crippen LogP contribution in [0.1, 0.15) is 43.8 Å². The highest BCUT2D eigenvalue weighted by Gasteiger charge is 2.11. The SMILES string of the molecule is CCC(CN)c1csc(CC(C)C)n1. The van der Waals surface area contributed by atoms with Crippen LogP contribution in [0.2, 0.25) is 0 Å². The summed E-state index contributed by atoms with van der Waals surface area (Å²) in [6, 6.07) is 0. The van der Waals surface area contributed by atoms with Gasteiger partial charge in [-0.3, -0.25) is 0 Å². The first-order chi connectivity index (χ1) is 6.67. The zero-order valence-electron chi connectivity index (χ0n) is 9.29. The summed E-state index contributed by atoms with van der Waals surface area (Å²) in [5, 5.41) is 3.42. The van der Waals surface area contributed by atoms with E-state index in [1.165, 1.54) is 10.7 Å². The molecule has 0 spiro atoms. The Morgan fingerprint density at radius 2 is 2.21 bits per heavy atom. The van der Waals surface area contributed by atoms with E-state index >= 15 is 0 Å². The van der Waals surface area contributed by atoms with Crippen LogP contribution in [0.5, 0.6) is 0 Å². The molecule has 80 valence electrons. The third-order valence-corrected chi connectivity index (χ3v) is 3.24. The maximum atomic E-state index is 5.69. The Morgan fingerprint density at radius 1 is 1.50 bits per heavy atom. The highest BCUT2D eigenvalue weighted by molar-refractivity contribution is 7.09. The van der Waals surface area contributed by atoms with E-state index in [2.05, 4.69) is 31.1 Å². The number of hydrogen-bond donors (Lipinski definition) is 1. The summed E-state index contributed by atoms with van der Waals surface area (Å²) in [6.45, 7) is 7.32. The molecule has 1 aromatic heterocycles. The Morgan fingerprint density at radius 3 is 2.71 bits per heavy atom. The fourth-order valence-corrected chi connectivity index (χ4v) is 2.54. The van der Waals surface area contributed by atoms with Crippen molar-refractivity contribution in [1.29, 1.82) is 0 Å². The van der Waals surface area contributed by atoms with Crippen LogP contribution in [0, 0.1) is 5.92 Å². The second-order valence-electron chi connectivity index (χ2n) is 4.10. The molecule has 0 fully saturated rings. The van der Waals surface area contributed by atoms with Crippen molar-refractivity contribution in [2.45, 2.75) is 39.5 Å². The standard InChI is InChI=1S/C11H20N2S/c1-4-9(6-12)10-7-14-11(13-10)5-8(2)3/h7-9H,4-6,12H2,1-3H3. The molecule has 0 aromatic carbocycles. The van der Waals surface area contributed by atoms with Gasteiger partial charge in [0.25, 0.3) is 0 Å². The van der Waals surface area contributed by atoms with Gasteiger partial charge < -0.3 is 5.73 Å². The molecule has 0 amide bonds. The van der Waals surface area contributed by atoms with Gasteiger partial charge in [-0.05, 0) is 12.3 Å². The molecule has 1 heterocycles. The minimum atomic E-state index is 0.451.